The van der Waals surface area contributed by atoms with Gasteiger partial charge in [0.1, 0.15) is 11.6 Å². The summed E-state index contributed by atoms with van der Waals surface area (Å²) >= 11 is 0. The number of carbonyl (C=O) groups is 1. The topological polar surface area (TPSA) is 120 Å². The van der Waals surface area contributed by atoms with E-state index in [0.29, 0.717) is 27.4 Å². The minimum atomic E-state index is -3.39. The lowest BCUT2D eigenvalue weighted by Crippen LogP contribution is -2.36. The molecule has 34 heavy (non-hydrogen) atoms. The summed E-state index contributed by atoms with van der Waals surface area (Å²) in [5.74, 6) is -1.03. The third-order valence-corrected chi connectivity index (χ3v) is 7.36. The molecule has 2 aromatic heterocycles. The third kappa shape index (κ3) is 3.48. The van der Waals surface area contributed by atoms with E-state index in [1.807, 2.05) is 0 Å². The van der Waals surface area contributed by atoms with Crippen molar-refractivity contribution in [2.75, 3.05) is 25.6 Å². The average molecular weight is 484 g/mol. The third-order valence-electron chi connectivity index (χ3n) is 6.25. The summed E-state index contributed by atoms with van der Waals surface area (Å²) < 4.78 is 46.2. The quantitative estimate of drug-likeness (QED) is 0.475. The van der Waals surface area contributed by atoms with Crippen molar-refractivity contribution in [3.8, 4) is 0 Å². The molecule has 1 amide bonds. The summed E-state index contributed by atoms with van der Waals surface area (Å²) in [6, 6.07) is 6.91. The molecule has 5 rings (SSSR count). The second-order valence-electron chi connectivity index (χ2n) is 8.46. The maximum atomic E-state index is 15.1. The van der Waals surface area contributed by atoms with Gasteiger partial charge in [-0.05, 0) is 29.3 Å². The van der Waals surface area contributed by atoms with Gasteiger partial charge in [-0.15, -0.1) is 0 Å². The van der Waals surface area contributed by atoms with Crippen LogP contribution in [0.3, 0.4) is 0 Å². The summed E-state index contributed by atoms with van der Waals surface area (Å²) in [6.07, 6.45) is 2.71. The zero-order valence-corrected chi connectivity index (χ0v) is 19.6. The maximum Gasteiger partial charge on any atom is 0.257 e. The van der Waals surface area contributed by atoms with Gasteiger partial charge in [0, 0.05) is 31.8 Å². The molecule has 2 N–H and O–H groups in total. The lowest BCUT2D eigenvalue weighted by molar-refractivity contribution is 0.0342. The molecule has 11 heteroatoms. The molecule has 0 spiro atoms. The molecule has 1 atom stereocenters. The van der Waals surface area contributed by atoms with Gasteiger partial charge >= 0.3 is 0 Å². The maximum absolute atomic E-state index is 15.1. The van der Waals surface area contributed by atoms with Crippen molar-refractivity contribution in [1.82, 2.24) is 19.7 Å². The molecular formula is C23H22FN5O4S. The van der Waals surface area contributed by atoms with Gasteiger partial charge in [0.25, 0.3) is 5.91 Å². The van der Waals surface area contributed by atoms with Gasteiger partial charge in [0.15, 0.2) is 9.84 Å². The largest absolute Gasteiger partial charge is 0.383 e. The molecule has 9 nitrogen and oxygen atoms in total. The van der Waals surface area contributed by atoms with E-state index in [9.17, 15) is 13.2 Å². The number of aryl methyl sites for hydroxylation is 1. The van der Waals surface area contributed by atoms with Gasteiger partial charge < -0.3 is 15.4 Å². The number of pyridine rings is 1. The zero-order chi connectivity index (χ0) is 24.4. The number of sulfone groups is 1. The lowest BCUT2D eigenvalue weighted by Gasteiger charge is -2.33. The van der Waals surface area contributed by atoms with Crippen molar-refractivity contribution in [2.45, 2.75) is 17.5 Å². The Bertz CT molecular complexity index is 1600. The van der Waals surface area contributed by atoms with Crippen LogP contribution in [-0.2, 0) is 28.2 Å². The molecule has 0 unspecified atom stereocenters. The molecule has 0 saturated heterocycles. The molecule has 176 valence electrons. The van der Waals surface area contributed by atoms with E-state index in [1.54, 1.807) is 37.1 Å². The number of rotatable bonds is 3. The van der Waals surface area contributed by atoms with Crippen LogP contribution in [0.1, 0.15) is 27.5 Å². The Kier molecular flexibility index (Phi) is 5.06. The van der Waals surface area contributed by atoms with Crippen LogP contribution in [0, 0.1) is 5.82 Å². The predicted octanol–water partition coefficient (Wildman–Crippen LogP) is 2.59. The number of fused-ring (bicyclic) bond motifs is 4. The molecule has 4 aromatic rings. The van der Waals surface area contributed by atoms with Crippen LogP contribution < -0.4 is 5.73 Å². The number of hydrogen-bond acceptors (Lipinski definition) is 7. The fourth-order valence-electron chi connectivity index (χ4n) is 4.43. The number of carbonyl (C=O) groups excluding carboxylic acids is 1. The summed E-state index contributed by atoms with van der Waals surface area (Å²) in [4.78, 5) is 19.3. The minimum absolute atomic E-state index is 0.121. The summed E-state index contributed by atoms with van der Waals surface area (Å²) in [6.45, 7) is 0.430. The smallest absolute Gasteiger partial charge is 0.257 e. The highest BCUT2D eigenvalue weighted by Crippen LogP contribution is 2.33. The van der Waals surface area contributed by atoms with Crippen molar-refractivity contribution < 1.29 is 22.3 Å². The molecule has 0 saturated carbocycles. The minimum Gasteiger partial charge on any atom is -0.383 e. The lowest BCUT2D eigenvalue weighted by atomic mass is 9.97. The first-order valence-corrected chi connectivity index (χ1v) is 12.3. The van der Waals surface area contributed by atoms with Crippen LogP contribution in [0.5, 0.6) is 0 Å². The van der Waals surface area contributed by atoms with Crippen molar-refractivity contribution in [3.63, 3.8) is 0 Å². The van der Waals surface area contributed by atoms with Crippen LogP contribution in [0.25, 0.3) is 21.8 Å². The predicted molar refractivity (Wildman–Crippen MR) is 124 cm³/mol. The number of amides is 1. The SMILES string of the molecule is CN(C(=O)c1cc2c(cc1F)nc(N)c1cnn(C)c12)[C@@H]1COCc2cc(S(C)(=O)=O)ccc21. The van der Waals surface area contributed by atoms with Crippen molar-refractivity contribution >= 4 is 43.4 Å². The number of likely N-dealkylation sites (N-methyl/N-ethyl adjacent to an activating group) is 1. The van der Waals surface area contributed by atoms with E-state index < -0.39 is 27.6 Å². The Hall–Kier alpha value is -3.57. The van der Waals surface area contributed by atoms with Gasteiger partial charge in [-0.1, -0.05) is 6.07 Å². The van der Waals surface area contributed by atoms with Crippen LogP contribution >= 0.6 is 0 Å². The van der Waals surface area contributed by atoms with E-state index in [0.717, 1.165) is 11.8 Å². The first-order valence-electron chi connectivity index (χ1n) is 10.4. The van der Waals surface area contributed by atoms with Crippen LogP contribution in [-0.4, -0.2) is 53.9 Å². The first-order chi connectivity index (χ1) is 16.1. The molecule has 0 fully saturated rings. The standard InChI is InChI=1S/C23H22FN5O4S/c1-28(20-11-33-10-12-6-13(34(3,31)32)4-5-14(12)20)23(30)15-7-16-19(8-18(15)24)27-22(25)17-9-26-29(2)21(16)17/h4-9,20H,10-11H2,1-3H3,(H2,25,27)/t20-/m1/s1. The monoisotopic (exact) mass is 483 g/mol. The zero-order valence-electron chi connectivity index (χ0n) is 18.7. The molecule has 0 radical (unpaired) electrons. The number of ether oxygens (including phenoxy) is 1. The van der Waals surface area contributed by atoms with Gasteiger partial charge in [-0.25, -0.2) is 17.8 Å². The first kappa shape index (κ1) is 22.2. The Labute approximate surface area is 194 Å². The van der Waals surface area contributed by atoms with E-state index in [1.165, 1.54) is 23.1 Å². The van der Waals surface area contributed by atoms with Crippen molar-refractivity contribution in [1.29, 1.82) is 0 Å². The highest BCUT2D eigenvalue weighted by atomic mass is 32.2. The van der Waals surface area contributed by atoms with E-state index in [-0.39, 0.29) is 29.5 Å². The average Bonchev–Trinajstić information content (AvgIpc) is 3.19. The Morgan fingerprint density at radius 2 is 2.03 bits per heavy atom. The molecule has 1 aliphatic rings. The number of aromatic nitrogens is 3. The summed E-state index contributed by atoms with van der Waals surface area (Å²) in [5.41, 5.74) is 8.29. The second kappa shape index (κ2) is 7.74. The fraction of sp³-hybridized carbons (Fsp3) is 0.261. The highest BCUT2D eigenvalue weighted by Gasteiger charge is 2.30. The highest BCUT2D eigenvalue weighted by molar-refractivity contribution is 7.90. The van der Waals surface area contributed by atoms with Crippen LogP contribution in [0.2, 0.25) is 0 Å². The van der Waals surface area contributed by atoms with Gasteiger partial charge in [0.2, 0.25) is 0 Å². The van der Waals surface area contributed by atoms with Gasteiger partial charge in [-0.3, -0.25) is 9.48 Å². The summed E-state index contributed by atoms with van der Waals surface area (Å²) in [7, 11) is -0.0819. The number of hydrogen-bond donors (Lipinski definition) is 1. The van der Waals surface area contributed by atoms with E-state index >= 15 is 4.39 Å². The molecular weight excluding hydrogens is 461 g/mol. The molecule has 1 aliphatic heterocycles. The molecule has 3 heterocycles. The van der Waals surface area contributed by atoms with E-state index in [4.69, 9.17) is 10.5 Å². The fourth-order valence-corrected chi connectivity index (χ4v) is 5.10. The number of nitrogens with two attached hydrogens (primary N) is 1. The summed E-state index contributed by atoms with van der Waals surface area (Å²) in [5, 5.41) is 5.38. The number of nitrogen functional groups attached to an aromatic ring is 1. The van der Waals surface area contributed by atoms with Crippen LogP contribution in [0.4, 0.5) is 10.2 Å². The Morgan fingerprint density at radius 1 is 1.26 bits per heavy atom. The number of benzene rings is 2. The molecule has 0 aliphatic carbocycles. The number of anilines is 1. The normalized spacial score (nSPS) is 16.1. The Morgan fingerprint density at radius 3 is 2.76 bits per heavy atom. The molecule has 2 aromatic carbocycles. The molecule has 0 bridgehead atoms. The Balaban J connectivity index is 1.57. The number of halogens is 1. The van der Waals surface area contributed by atoms with Crippen LogP contribution in [0.15, 0.2) is 41.4 Å². The van der Waals surface area contributed by atoms with Crippen molar-refractivity contribution in [3.05, 3.63) is 59.0 Å². The van der Waals surface area contributed by atoms with Gasteiger partial charge in [0.05, 0.1) is 52.3 Å². The number of nitrogens with zero attached hydrogens (tertiary/aromatic N) is 4. The second-order valence-corrected chi connectivity index (χ2v) is 10.5. The van der Waals surface area contributed by atoms with Crippen molar-refractivity contribution in [2.24, 2.45) is 7.05 Å². The van der Waals surface area contributed by atoms with E-state index in [2.05, 4.69) is 10.1 Å². The van der Waals surface area contributed by atoms with Gasteiger partial charge in [-0.2, -0.15) is 5.10 Å².